The summed E-state index contributed by atoms with van der Waals surface area (Å²) in [5.74, 6) is -0.336. The number of carbonyl (C=O) groups excluding carboxylic acids is 1. The van der Waals surface area contributed by atoms with Crippen molar-refractivity contribution >= 4 is 5.91 Å². The van der Waals surface area contributed by atoms with Crippen LogP contribution < -0.4 is 5.32 Å². The number of aliphatic hydroxyl groups is 2. The molecule has 5 unspecified atom stereocenters. The van der Waals surface area contributed by atoms with E-state index < -0.39 is 30.6 Å². The summed E-state index contributed by atoms with van der Waals surface area (Å²) in [4.78, 5) is 11.0. The van der Waals surface area contributed by atoms with E-state index in [1.165, 1.54) is 21.1 Å². The highest BCUT2D eigenvalue weighted by molar-refractivity contribution is 5.73. The van der Waals surface area contributed by atoms with Crippen molar-refractivity contribution in [3.8, 4) is 0 Å². The van der Waals surface area contributed by atoms with Gasteiger partial charge in [-0.15, -0.1) is 0 Å². The van der Waals surface area contributed by atoms with Crippen molar-refractivity contribution in [2.24, 2.45) is 0 Å². The maximum absolute atomic E-state index is 11.0. The molecule has 0 radical (unpaired) electrons. The molecule has 1 fully saturated rings. The third-order valence-corrected chi connectivity index (χ3v) is 2.63. The van der Waals surface area contributed by atoms with Gasteiger partial charge in [0, 0.05) is 21.1 Å². The van der Waals surface area contributed by atoms with Crippen LogP contribution in [-0.4, -0.2) is 67.6 Å². The number of methoxy groups -OCH3 is 2. The fraction of sp³-hybridized carbons (Fsp3) is 0.900. The van der Waals surface area contributed by atoms with Gasteiger partial charge < -0.3 is 29.7 Å². The number of rotatable bonds is 4. The first-order valence-corrected chi connectivity index (χ1v) is 5.31. The molecule has 1 aliphatic rings. The van der Waals surface area contributed by atoms with Crippen molar-refractivity contribution in [3.63, 3.8) is 0 Å². The summed E-state index contributed by atoms with van der Waals surface area (Å²) in [7, 11) is 2.86. The fourth-order valence-corrected chi connectivity index (χ4v) is 1.82. The Morgan fingerprint density at radius 2 is 2.00 bits per heavy atom. The van der Waals surface area contributed by atoms with E-state index in [1.54, 1.807) is 0 Å². The Balaban J connectivity index is 2.75. The summed E-state index contributed by atoms with van der Waals surface area (Å²) in [6.45, 7) is 1.44. The van der Waals surface area contributed by atoms with Crippen molar-refractivity contribution < 1.29 is 29.2 Å². The zero-order valence-corrected chi connectivity index (χ0v) is 10.1. The van der Waals surface area contributed by atoms with Crippen LogP contribution >= 0.6 is 0 Å². The molecule has 1 rings (SSSR count). The second-order valence-corrected chi connectivity index (χ2v) is 3.94. The summed E-state index contributed by atoms with van der Waals surface area (Å²) in [5.41, 5.74) is 0. The molecule has 0 aromatic carbocycles. The molecule has 0 aromatic heterocycles. The molecule has 0 saturated carbocycles. The van der Waals surface area contributed by atoms with E-state index in [2.05, 4.69) is 5.32 Å². The van der Waals surface area contributed by atoms with Crippen molar-refractivity contribution in [2.75, 3.05) is 20.8 Å². The second-order valence-electron chi connectivity index (χ2n) is 3.94. The number of ether oxygens (including phenoxy) is 3. The molecule has 0 aliphatic carbocycles. The van der Waals surface area contributed by atoms with E-state index in [0.717, 1.165) is 0 Å². The molecule has 0 bridgehead atoms. The van der Waals surface area contributed by atoms with Gasteiger partial charge in [0.2, 0.25) is 5.91 Å². The molecule has 7 nitrogen and oxygen atoms in total. The summed E-state index contributed by atoms with van der Waals surface area (Å²) >= 11 is 0. The van der Waals surface area contributed by atoms with Gasteiger partial charge in [-0.25, -0.2) is 0 Å². The minimum absolute atomic E-state index is 0.130. The Morgan fingerprint density at radius 1 is 1.35 bits per heavy atom. The van der Waals surface area contributed by atoms with Crippen LogP contribution in [0.2, 0.25) is 0 Å². The van der Waals surface area contributed by atoms with Crippen molar-refractivity contribution in [3.05, 3.63) is 0 Å². The molecule has 1 heterocycles. The molecule has 0 aromatic rings. The minimum Gasteiger partial charge on any atom is -0.388 e. The average molecular weight is 249 g/mol. The van der Waals surface area contributed by atoms with Crippen LogP contribution in [-0.2, 0) is 19.0 Å². The number of hydrogen-bond donors (Lipinski definition) is 3. The highest BCUT2D eigenvalue weighted by Gasteiger charge is 2.45. The van der Waals surface area contributed by atoms with E-state index in [-0.39, 0.29) is 12.5 Å². The SMILES string of the molecule is COCC1OC(OC)C(NC(C)=O)C(O)C1O. The van der Waals surface area contributed by atoms with Crippen LogP contribution in [0.3, 0.4) is 0 Å². The predicted octanol–water partition coefficient (Wildman–Crippen LogP) is -1.77. The molecule has 7 heteroatoms. The maximum atomic E-state index is 11.0. The lowest BCUT2D eigenvalue weighted by molar-refractivity contribution is -0.264. The molecule has 1 saturated heterocycles. The van der Waals surface area contributed by atoms with Crippen LogP contribution in [0.25, 0.3) is 0 Å². The van der Waals surface area contributed by atoms with Gasteiger partial charge in [-0.1, -0.05) is 0 Å². The monoisotopic (exact) mass is 249 g/mol. The molecular weight excluding hydrogens is 230 g/mol. The Morgan fingerprint density at radius 3 is 2.47 bits per heavy atom. The van der Waals surface area contributed by atoms with Crippen molar-refractivity contribution in [1.82, 2.24) is 5.32 Å². The van der Waals surface area contributed by atoms with Gasteiger partial charge in [0.05, 0.1) is 6.61 Å². The minimum atomic E-state index is -1.17. The van der Waals surface area contributed by atoms with E-state index in [9.17, 15) is 15.0 Å². The molecule has 1 aliphatic heterocycles. The van der Waals surface area contributed by atoms with Gasteiger partial charge in [-0.3, -0.25) is 4.79 Å². The first kappa shape index (κ1) is 14.3. The van der Waals surface area contributed by atoms with Gasteiger partial charge in [0.25, 0.3) is 0 Å². The smallest absolute Gasteiger partial charge is 0.217 e. The van der Waals surface area contributed by atoms with Crippen LogP contribution in [0.1, 0.15) is 6.92 Å². The number of nitrogens with one attached hydrogen (secondary N) is 1. The highest BCUT2D eigenvalue weighted by Crippen LogP contribution is 2.21. The lowest BCUT2D eigenvalue weighted by Crippen LogP contribution is -2.64. The van der Waals surface area contributed by atoms with Gasteiger partial charge in [0.15, 0.2) is 6.29 Å². The first-order chi connectivity index (χ1) is 8.01. The average Bonchev–Trinajstić information content (AvgIpc) is 2.28. The maximum Gasteiger partial charge on any atom is 0.217 e. The molecule has 1 amide bonds. The van der Waals surface area contributed by atoms with Gasteiger partial charge in [-0.2, -0.15) is 0 Å². The lowest BCUT2D eigenvalue weighted by Gasteiger charge is -2.41. The van der Waals surface area contributed by atoms with E-state index >= 15 is 0 Å². The predicted molar refractivity (Wildman–Crippen MR) is 57.2 cm³/mol. The number of aliphatic hydroxyl groups excluding tert-OH is 2. The number of amides is 1. The van der Waals surface area contributed by atoms with Crippen LogP contribution in [0.15, 0.2) is 0 Å². The fourth-order valence-electron chi connectivity index (χ4n) is 1.82. The highest BCUT2D eigenvalue weighted by atomic mass is 16.7. The standard InChI is InChI=1S/C10H19NO6/c1-5(12)11-7-9(14)8(13)6(4-15-2)17-10(7)16-3/h6-10,13-14H,4H2,1-3H3,(H,11,12). The zero-order valence-electron chi connectivity index (χ0n) is 10.1. The zero-order chi connectivity index (χ0) is 13.0. The molecular formula is C10H19NO6. The topological polar surface area (TPSA) is 97.2 Å². The third-order valence-electron chi connectivity index (χ3n) is 2.63. The van der Waals surface area contributed by atoms with Crippen LogP contribution in [0.4, 0.5) is 0 Å². The normalized spacial score (nSPS) is 37.8. The van der Waals surface area contributed by atoms with Gasteiger partial charge in [-0.05, 0) is 0 Å². The Labute approximate surface area is 99.7 Å². The second kappa shape index (κ2) is 6.27. The Hall–Kier alpha value is -0.730. The molecule has 5 atom stereocenters. The van der Waals surface area contributed by atoms with E-state index in [0.29, 0.717) is 0 Å². The van der Waals surface area contributed by atoms with Gasteiger partial charge in [0.1, 0.15) is 24.4 Å². The van der Waals surface area contributed by atoms with E-state index in [4.69, 9.17) is 14.2 Å². The number of hydrogen-bond acceptors (Lipinski definition) is 6. The summed E-state index contributed by atoms with van der Waals surface area (Å²) in [5, 5.41) is 22.2. The third kappa shape index (κ3) is 3.36. The van der Waals surface area contributed by atoms with Crippen molar-refractivity contribution in [1.29, 1.82) is 0 Å². The van der Waals surface area contributed by atoms with Crippen molar-refractivity contribution in [2.45, 2.75) is 37.6 Å². The molecule has 17 heavy (non-hydrogen) atoms. The summed E-state index contributed by atoms with van der Waals surface area (Å²) < 4.78 is 15.3. The van der Waals surface area contributed by atoms with Crippen LogP contribution in [0, 0.1) is 0 Å². The van der Waals surface area contributed by atoms with Gasteiger partial charge >= 0.3 is 0 Å². The summed E-state index contributed by atoms with van der Waals surface area (Å²) in [6.07, 6.45) is -3.82. The number of carbonyl (C=O) groups is 1. The molecule has 100 valence electrons. The Kier molecular flexibility index (Phi) is 5.29. The Bertz CT molecular complexity index is 259. The van der Waals surface area contributed by atoms with E-state index in [1.807, 2.05) is 0 Å². The largest absolute Gasteiger partial charge is 0.388 e. The summed E-state index contributed by atoms with van der Waals surface area (Å²) in [6, 6.07) is -0.805. The quantitative estimate of drug-likeness (QED) is 0.545. The molecule has 3 N–H and O–H groups in total. The molecule has 0 spiro atoms. The first-order valence-electron chi connectivity index (χ1n) is 5.31. The lowest BCUT2D eigenvalue weighted by atomic mass is 9.97. The van der Waals surface area contributed by atoms with Crippen LogP contribution in [0.5, 0.6) is 0 Å².